The molecular formula is C21H29N5O3S. The summed E-state index contributed by atoms with van der Waals surface area (Å²) in [5.74, 6) is 2.35. The molecule has 3 heterocycles. The SMILES string of the molecule is CCOc1ccc(S(=O)(=O)N2CCN(c3ccnc(N4CCCC4)n3)CC2)cc1C. The Bertz CT molecular complexity index is 984. The van der Waals surface area contributed by atoms with Crippen molar-refractivity contribution >= 4 is 21.8 Å². The fourth-order valence-electron chi connectivity index (χ4n) is 3.99. The Balaban J connectivity index is 1.44. The van der Waals surface area contributed by atoms with Crippen molar-refractivity contribution in [1.82, 2.24) is 14.3 Å². The summed E-state index contributed by atoms with van der Waals surface area (Å²) in [7, 11) is -3.53. The van der Waals surface area contributed by atoms with Gasteiger partial charge in [-0.3, -0.25) is 0 Å². The second-order valence-corrected chi connectivity index (χ2v) is 9.60. The van der Waals surface area contributed by atoms with Gasteiger partial charge in [0.25, 0.3) is 0 Å². The Labute approximate surface area is 178 Å². The summed E-state index contributed by atoms with van der Waals surface area (Å²) in [6, 6.07) is 6.97. The van der Waals surface area contributed by atoms with Gasteiger partial charge in [-0.25, -0.2) is 13.4 Å². The Hall–Kier alpha value is -2.39. The van der Waals surface area contributed by atoms with Crippen molar-refractivity contribution in [2.24, 2.45) is 0 Å². The van der Waals surface area contributed by atoms with E-state index < -0.39 is 10.0 Å². The van der Waals surface area contributed by atoms with Gasteiger partial charge in [-0.1, -0.05) is 0 Å². The van der Waals surface area contributed by atoms with Gasteiger partial charge >= 0.3 is 0 Å². The monoisotopic (exact) mass is 431 g/mol. The highest BCUT2D eigenvalue weighted by Crippen LogP contribution is 2.26. The second-order valence-electron chi connectivity index (χ2n) is 7.66. The first kappa shape index (κ1) is 20.9. The zero-order valence-electron chi connectivity index (χ0n) is 17.6. The zero-order chi connectivity index (χ0) is 21.1. The predicted octanol–water partition coefficient (Wildman–Crippen LogP) is 2.29. The average molecular weight is 432 g/mol. The van der Waals surface area contributed by atoms with Gasteiger partial charge in [0, 0.05) is 45.5 Å². The van der Waals surface area contributed by atoms with E-state index in [0.29, 0.717) is 37.7 Å². The number of hydrogen-bond acceptors (Lipinski definition) is 7. The lowest BCUT2D eigenvalue weighted by Gasteiger charge is -2.35. The van der Waals surface area contributed by atoms with Crippen LogP contribution in [0.4, 0.5) is 11.8 Å². The zero-order valence-corrected chi connectivity index (χ0v) is 18.4. The molecule has 2 aliphatic heterocycles. The molecule has 4 rings (SSSR count). The molecule has 2 fully saturated rings. The number of sulfonamides is 1. The van der Waals surface area contributed by atoms with E-state index in [0.717, 1.165) is 36.2 Å². The van der Waals surface area contributed by atoms with Crippen LogP contribution in [0.3, 0.4) is 0 Å². The minimum absolute atomic E-state index is 0.315. The Morgan fingerprint density at radius 2 is 1.73 bits per heavy atom. The lowest BCUT2D eigenvalue weighted by atomic mass is 10.2. The number of aromatic nitrogens is 2. The van der Waals surface area contributed by atoms with Crippen LogP contribution in [-0.2, 0) is 10.0 Å². The topological polar surface area (TPSA) is 78.9 Å². The highest BCUT2D eigenvalue weighted by molar-refractivity contribution is 7.89. The van der Waals surface area contributed by atoms with Crippen LogP contribution in [0, 0.1) is 6.92 Å². The van der Waals surface area contributed by atoms with E-state index in [1.165, 1.54) is 12.8 Å². The van der Waals surface area contributed by atoms with Crippen molar-refractivity contribution in [3.8, 4) is 5.75 Å². The average Bonchev–Trinajstić information content (AvgIpc) is 3.30. The standard InChI is InChI=1S/C21H29N5O3S/c1-3-29-19-7-6-18(16-17(19)2)30(27,28)26-14-12-24(13-15-26)20-8-9-22-21(23-20)25-10-4-5-11-25/h6-9,16H,3-5,10-15H2,1-2H3. The summed E-state index contributed by atoms with van der Waals surface area (Å²) in [4.78, 5) is 13.8. The number of aryl methyl sites for hydroxylation is 1. The minimum atomic E-state index is -3.53. The molecule has 8 nitrogen and oxygen atoms in total. The van der Waals surface area contributed by atoms with E-state index in [-0.39, 0.29) is 0 Å². The molecular weight excluding hydrogens is 402 g/mol. The lowest BCUT2D eigenvalue weighted by Crippen LogP contribution is -2.49. The van der Waals surface area contributed by atoms with Gasteiger partial charge in [0.15, 0.2) is 0 Å². The number of hydrogen-bond donors (Lipinski definition) is 0. The van der Waals surface area contributed by atoms with Crippen molar-refractivity contribution in [2.45, 2.75) is 31.6 Å². The molecule has 1 aromatic carbocycles. The van der Waals surface area contributed by atoms with Crippen molar-refractivity contribution in [2.75, 3.05) is 55.7 Å². The first-order valence-electron chi connectivity index (χ1n) is 10.6. The minimum Gasteiger partial charge on any atom is -0.494 e. The number of rotatable bonds is 6. The normalized spacial score (nSPS) is 18.1. The quantitative estimate of drug-likeness (QED) is 0.694. The van der Waals surface area contributed by atoms with E-state index in [2.05, 4.69) is 14.8 Å². The molecule has 0 N–H and O–H groups in total. The number of benzene rings is 1. The number of ether oxygens (including phenoxy) is 1. The van der Waals surface area contributed by atoms with Gasteiger partial charge in [0.05, 0.1) is 11.5 Å². The summed E-state index contributed by atoms with van der Waals surface area (Å²) in [6.07, 6.45) is 4.14. The first-order chi connectivity index (χ1) is 14.5. The molecule has 0 amide bonds. The number of nitrogens with zero attached hydrogens (tertiary/aromatic N) is 5. The first-order valence-corrected chi connectivity index (χ1v) is 12.0. The van der Waals surface area contributed by atoms with Gasteiger partial charge in [-0.2, -0.15) is 9.29 Å². The van der Waals surface area contributed by atoms with Gasteiger partial charge in [-0.15, -0.1) is 0 Å². The summed E-state index contributed by atoms with van der Waals surface area (Å²) >= 11 is 0. The summed E-state index contributed by atoms with van der Waals surface area (Å²) in [5, 5.41) is 0. The van der Waals surface area contributed by atoms with E-state index in [4.69, 9.17) is 9.72 Å². The lowest BCUT2D eigenvalue weighted by molar-refractivity contribution is 0.337. The molecule has 1 aromatic heterocycles. The van der Waals surface area contributed by atoms with Gasteiger partial charge in [-0.05, 0) is 56.5 Å². The molecule has 0 atom stereocenters. The largest absolute Gasteiger partial charge is 0.494 e. The molecule has 0 unspecified atom stereocenters. The van der Waals surface area contributed by atoms with E-state index in [1.54, 1.807) is 28.7 Å². The number of piperazine rings is 1. The Morgan fingerprint density at radius 3 is 2.40 bits per heavy atom. The fourth-order valence-corrected chi connectivity index (χ4v) is 5.50. The Morgan fingerprint density at radius 1 is 1.00 bits per heavy atom. The van der Waals surface area contributed by atoms with E-state index in [1.807, 2.05) is 19.9 Å². The molecule has 162 valence electrons. The maximum atomic E-state index is 13.1. The molecule has 9 heteroatoms. The fraction of sp³-hybridized carbons (Fsp3) is 0.524. The van der Waals surface area contributed by atoms with E-state index in [9.17, 15) is 8.42 Å². The summed E-state index contributed by atoms with van der Waals surface area (Å²) < 4.78 is 33.3. The van der Waals surface area contributed by atoms with E-state index >= 15 is 0 Å². The van der Waals surface area contributed by atoms with Gasteiger partial charge < -0.3 is 14.5 Å². The predicted molar refractivity (Wildman–Crippen MR) is 117 cm³/mol. The molecule has 0 saturated carbocycles. The van der Waals surface area contributed by atoms with Crippen LogP contribution in [0.5, 0.6) is 5.75 Å². The van der Waals surface area contributed by atoms with Crippen molar-refractivity contribution < 1.29 is 13.2 Å². The van der Waals surface area contributed by atoms with Gasteiger partial charge in [0.2, 0.25) is 16.0 Å². The van der Waals surface area contributed by atoms with Crippen LogP contribution in [0.25, 0.3) is 0 Å². The van der Waals surface area contributed by atoms with Crippen molar-refractivity contribution in [3.05, 3.63) is 36.0 Å². The molecule has 0 bridgehead atoms. The highest BCUT2D eigenvalue weighted by atomic mass is 32.2. The highest BCUT2D eigenvalue weighted by Gasteiger charge is 2.29. The molecule has 30 heavy (non-hydrogen) atoms. The molecule has 2 saturated heterocycles. The number of anilines is 2. The molecule has 2 aromatic rings. The van der Waals surface area contributed by atoms with Gasteiger partial charge in [0.1, 0.15) is 11.6 Å². The summed E-state index contributed by atoms with van der Waals surface area (Å²) in [6.45, 7) is 8.39. The van der Waals surface area contributed by atoms with Crippen LogP contribution in [-0.4, -0.2) is 68.6 Å². The van der Waals surface area contributed by atoms with Crippen LogP contribution < -0.4 is 14.5 Å². The van der Waals surface area contributed by atoms with Crippen LogP contribution in [0.1, 0.15) is 25.3 Å². The molecule has 0 radical (unpaired) electrons. The summed E-state index contributed by atoms with van der Waals surface area (Å²) in [5.41, 5.74) is 0.826. The van der Waals surface area contributed by atoms with Crippen LogP contribution >= 0.6 is 0 Å². The molecule has 2 aliphatic rings. The van der Waals surface area contributed by atoms with Crippen molar-refractivity contribution in [3.63, 3.8) is 0 Å². The maximum absolute atomic E-state index is 13.1. The van der Waals surface area contributed by atoms with Crippen LogP contribution in [0.2, 0.25) is 0 Å². The smallest absolute Gasteiger partial charge is 0.243 e. The van der Waals surface area contributed by atoms with Crippen molar-refractivity contribution in [1.29, 1.82) is 0 Å². The third-order valence-electron chi connectivity index (χ3n) is 5.66. The third kappa shape index (κ3) is 4.22. The molecule has 0 aliphatic carbocycles. The molecule has 0 spiro atoms. The maximum Gasteiger partial charge on any atom is 0.243 e. The Kier molecular flexibility index (Phi) is 6.10. The third-order valence-corrected chi connectivity index (χ3v) is 7.56. The van der Waals surface area contributed by atoms with Crippen LogP contribution in [0.15, 0.2) is 35.4 Å². The second kappa shape index (κ2) is 8.77.